The van der Waals surface area contributed by atoms with Gasteiger partial charge in [0.2, 0.25) is 0 Å². The highest BCUT2D eigenvalue weighted by molar-refractivity contribution is 6.16. The Bertz CT molecular complexity index is 2040. The summed E-state index contributed by atoms with van der Waals surface area (Å²) in [7, 11) is 2.92. The van der Waals surface area contributed by atoms with Crippen molar-refractivity contribution in [3.05, 3.63) is 122 Å². The molecule has 10 nitrogen and oxygen atoms in total. The fraction of sp³-hybridized carbons (Fsp3) is 0.156. The Kier molecular flexibility index (Phi) is 8.34. The zero-order valence-electron chi connectivity index (χ0n) is 23.9. The van der Waals surface area contributed by atoms with E-state index in [-0.39, 0.29) is 29.0 Å². The van der Waals surface area contributed by atoms with Crippen molar-refractivity contribution in [1.29, 1.82) is 0 Å². The highest BCUT2D eigenvalue weighted by atomic mass is 19.1. The molecular formula is C32H26F2N4O6. The van der Waals surface area contributed by atoms with E-state index in [1.165, 1.54) is 55.3 Å². The summed E-state index contributed by atoms with van der Waals surface area (Å²) in [5.41, 5.74) is -1.63. The molecule has 0 aliphatic carbocycles. The van der Waals surface area contributed by atoms with Crippen LogP contribution < -0.4 is 26.0 Å². The van der Waals surface area contributed by atoms with Gasteiger partial charge in [-0.2, -0.15) is 0 Å². The number of anilines is 1. The van der Waals surface area contributed by atoms with Crippen molar-refractivity contribution in [3.63, 3.8) is 0 Å². The van der Waals surface area contributed by atoms with Gasteiger partial charge >= 0.3 is 5.69 Å². The zero-order chi connectivity index (χ0) is 31.5. The number of carbonyl (C=O) groups excluding carboxylic acids is 2. The summed E-state index contributed by atoms with van der Waals surface area (Å²) >= 11 is 0. The Hall–Kier alpha value is -5.65. The number of ether oxygens (including phenoxy) is 2. The monoisotopic (exact) mass is 600 g/mol. The van der Waals surface area contributed by atoms with Crippen LogP contribution in [0.5, 0.6) is 11.5 Å². The van der Waals surface area contributed by atoms with E-state index < -0.39 is 40.1 Å². The minimum Gasteiger partial charge on any atom is -0.493 e. The molecule has 0 radical (unpaired) electrons. The van der Waals surface area contributed by atoms with Gasteiger partial charge in [0.25, 0.3) is 11.5 Å². The lowest BCUT2D eigenvalue weighted by atomic mass is 9.98. The Labute approximate surface area is 249 Å². The molecule has 5 rings (SSSR count). The second-order valence-electron chi connectivity index (χ2n) is 9.70. The maximum atomic E-state index is 15.3. The fourth-order valence-electron chi connectivity index (χ4n) is 4.77. The first-order valence-corrected chi connectivity index (χ1v) is 13.5. The minimum atomic E-state index is -0.935. The highest BCUT2D eigenvalue weighted by Gasteiger charge is 2.22. The molecular weight excluding hydrogens is 574 g/mol. The number of hydrogen-bond acceptors (Lipinski definition) is 7. The Balaban J connectivity index is 1.48. The Morgan fingerprint density at radius 2 is 1.59 bits per heavy atom. The van der Waals surface area contributed by atoms with Gasteiger partial charge in [0.15, 0.2) is 17.3 Å². The number of benzene rings is 3. The van der Waals surface area contributed by atoms with Crippen molar-refractivity contribution in [2.45, 2.75) is 19.9 Å². The van der Waals surface area contributed by atoms with E-state index in [9.17, 15) is 23.6 Å². The molecule has 0 saturated heterocycles. The molecule has 12 heteroatoms. The van der Waals surface area contributed by atoms with E-state index in [0.717, 1.165) is 29.0 Å². The number of ketones is 1. The van der Waals surface area contributed by atoms with Crippen LogP contribution in [0.2, 0.25) is 0 Å². The van der Waals surface area contributed by atoms with Crippen LogP contribution in [0.4, 0.5) is 14.5 Å². The standard InChI is InChI=1S/C32H26F2N4O6/c1-4-13-37-17-24(31(41)38(32(37)42)20-8-5-18(33)6-9-20)30(40)36-19-7-10-22(25(34)14-19)29(39)21-11-12-35-26-16-28(44-3)27(43-2)15-23(21)26/h5-12,14-17H,4,13H2,1-3H3,(H,36,40). The molecule has 0 bridgehead atoms. The van der Waals surface area contributed by atoms with Crippen LogP contribution in [0.15, 0.2) is 82.6 Å². The largest absolute Gasteiger partial charge is 0.493 e. The molecule has 2 aromatic heterocycles. The zero-order valence-corrected chi connectivity index (χ0v) is 23.9. The van der Waals surface area contributed by atoms with Crippen LogP contribution in [-0.2, 0) is 6.54 Å². The maximum Gasteiger partial charge on any atom is 0.335 e. The van der Waals surface area contributed by atoms with Gasteiger partial charge in [0.05, 0.1) is 31.0 Å². The molecule has 0 atom stereocenters. The first-order valence-electron chi connectivity index (χ1n) is 13.5. The minimum absolute atomic E-state index is 0.0315. The molecule has 2 heterocycles. The normalized spacial score (nSPS) is 10.9. The van der Waals surface area contributed by atoms with Crippen molar-refractivity contribution in [2.75, 3.05) is 19.5 Å². The van der Waals surface area contributed by atoms with Crippen LogP contribution in [0.25, 0.3) is 16.6 Å². The number of pyridine rings is 1. The summed E-state index contributed by atoms with van der Waals surface area (Å²) in [6.45, 7) is 2.02. The molecule has 1 amide bonds. The molecule has 224 valence electrons. The van der Waals surface area contributed by atoms with E-state index in [4.69, 9.17) is 9.47 Å². The summed E-state index contributed by atoms with van der Waals surface area (Å²) in [5, 5.41) is 2.88. The van der Waals surface area contributed by atoms with E-state index in [1.807, 2.05) is 6.92 Å². The van der Waals surface area contributed by atoms with Gasteiger partial charge in [-0.3, -0.25) is 23.9 Å². The van der Waals surface area contributed by atoms with Gasteiger partial charge in [-0.15, -0.1) is 0 Å². The Morgan fingerprint density at radius 3 is 2.25 bits per heavy atom. The number of nitrogens with zero attached hydrogens (tertiary/aromatic N) is 3. The van der Waals surface area contributed by atoms with Crippen LogP contribution in [-0.4, -0.2) is 40.0 Å². The van der Waals surface area contributed by atoms with E-state index in [2.05, 4.69) is 10.3 Å². The van der Waals surface area contributed by atoms with Gasteiger partial charge in [-0.05, 0) is 61.0 Å². The summed E-state index contributed by atoms with van der Waals surface area (Å²) in [6, 6.07) is 12.8. The van der Waals surface area contributed by atoms with E-state index in [1.54, 1.807) is 12.1 Å². The van der Waals surface area contributed by atoms with Gasteiger partial charge in [-0.25, -0.2) is 18.1 Å². The molecule has 0 fully saturated rings. The third-order valence-corrected chi connectivity index (χ3v) is 6.91. The average molecular weight is 601 g/mol. The lowest BCUT2D eigenvalue weighted by Gasteiger charge is -2.13. The molecule has 3 aromatic carbocycles. The molecule has 1 N–H and O–H groups in total. The van der Waals surface area contributed by atoms with Crippen molar-refractivity contribution >= 4 is 28.3 Å². The number of aryl methyl sites for hydroxylation is 1. The van der Waals surface area contributed by atoms with Crippen molar-refractivity contribution < 1.29 is 27.8 Å². The van der Waals surface area contributed by atoms with Crippen molar-refractivity contribution in [2.24, 2.45) is 0 Å². The first-order chi connectivity index (χ1) is 21.2. The number of nitrogens with one attached hydrogen (secondary N) is 1. The van der Waals surface area contributed by atoms with E-state index in [0.29, 0.717) is 28.8 Å². The average Bonchev–Trinajstić information content (AvgIpc) is 3.02. The summed E-state index contributed by atoms with van der Waals surface area (Å²) in [5.74, 6) is -2.24. The first kappa shape index (κ1) is 29.8. The van der Waals surface area contributed by atoms with Gasteiger partial charge in [-0.1, -0.05) is 6.92 Å². The number of carbonyl (C=O) groups is 2. The van der Waals surface area contributed by atoms with Crippen LogP contribution in [0, 0.1) is 11.6 Å². The number of halogens is 2. The smallest absolute Gasteiger partial charge is 0.335 e. The number of methoxy groups -OCH3 is 2. The number of rotatable bonds is 9. The lowest BCUT2D eigenvalue weighted by Crippen LogP contribution is -2.42. The number of aromatic nitrogens is 3. The molecule has 0 aliphatic heterocycles. The van der Waals surface area contributed by atoms with Crippen LogP contribution in [0.3, 0.4) is 0 Å². The number of amides is 1. The summed E-state index contributed by atoms with van der Waals surface area (Å²) in [4.78, 5) is 57.2. The summed E-state index contributed by atoms with van der Waals surface area (Å²) < 4.78 is 41.4. The molecule has 44 heavy (non-hydrogen) atoms. The predicted molar refractivity (Wildman–Crippen MR) is 159 cm³/mol. The second kappa shape index (κ2) is 12.3. The number of fused-ring (bicyclic) bond motifs is 1. The number of hydrogen-bond donors (Lipinski definition) is 1. The third-order valence-electron chi connectivity index (χ3n) is 6.91. The molecule has 0 unspecified atom stereocenters. The maximum absolute atomic E-state index is 15.3. The van der Waals surface area contributed by atoms with Gasteiger partial charge in [0.1, 0.15) is 17.2 Å². The molecule has 0 saturated carbocycles. The molecule has 5 aromatic rings. The van der Waals surface area contributed by atoms with Crippen LogP contribution in [0.1, 0.15) is 39.6 Å². The topological polar surface area (TPSA) is 122 Å². The fourth-order valence-corrected chi connectivity index (χ4v) is 4.77. The van der Waals surface area contributed by atoms with Gasteiger partial charge < -0.3 is 14.8 Å². The predicted octanol–water partition coefficient (Wildman–Crippen LogP) is 4.74. The van der Waals surface area contributed by atoms with E-state index >= 15 is 4.39 Å². The third kappa shape index (κ3) is 5.56. The lowest BCUT2D eigenvalue weighted by molar-refractivity contribution is 0.102. The Morgan fingerprint density at radius 1 is 0.886 bits per heavy atom. The van der Waals surface area contributed by atoms with Crippen molar-refractivity contribution in [3.8, 4) is 17.2 Å². The van der Waals surface area contributed by atoms with Gasteiger partial charge in [0, 0.05) is 41.6 Å². The molecule has 0 spiro atoms. The molecule has 0 aliphatic rings. The van der Waals surface area contributed by atoms with Crippen LogP contribution >= 0.6 is 0 Å². The highest BCUT2D eigenvalue weighted by Crippen LogP contribution is 2.33. The quantitative estimate of drug-likeness (QED) is 0.243. The van der Waals surface area contributed by atoms with Crippen molar-refractivity contribution in [1.82, 2.24) is 14.1 Å². The summed E-state index contributed by atoms with van der Waals surface area (Å²) in [6.07, 6.45) is 3.08. The SMILES string of the molecule is CCCn1cc(C(=O)Nc2ccc(C(=O)c3ccnc4cc(OC)c(OC)cc34)c(F)c2)c(=O)n(-c2ccc(F)cc2)c1=O. The second-order valence-corrected chi connectivity index (χ2v) is 9.70.